The molecule has 1 aliphatic rings. The summed E-state index contributed by atoms with van der Waals surface area (Å²) in [7, 11) is 0. The Balaban J connectivity index is 0.000000686. The largest absolute Gasteiger partial charge is 0.375 e. The first-order chi connectivity index (χ1) is 8.15. The Morgan fingerprint density at radius 3 is 2.59 bits per heavy atom. The van der Waals surface area contributed by atoms with Gasteiger partial charge in [-0.1, -0.05) is 13.8 Å². The van der Waals surface area contributed by atoms with E-state index < -0.39 is 0 Å². The van der Waals surface area contributed by atoms with Gasteiger partial charge in [-0.2, -0.15) is 0 Å². The number of aromatic nitrogens is 2. The lowest BCUT2D eigenvalue weighted by Crippen LogP contribution is -2.41. The van der Waals surface area contributed by atoms with Gasteiger partial charge in [-0.15, -0.1) is 0 Å². The molecular weight excluding hydrogens is 214 g/mol. The Morgan fingerprint density at radius 1 is 1.29 bits per heavy atom. The second-order valence-corrected chi connectivity index (χ2v) is 4.04. The molecule has 2 heterocycles. The van der Waals surface area contributed by atoms with Crippen LogP contribution in [0.15, 0.2) is 6.07 Å². The van der Waals surface area contributed by atoms with Crippen molar-refractivity contribution in [2.24, 2.45) is 0 Å². The first kappa shape index (κ1) is 13.9. The fraction of sp³-hybridized carbons (Fsp3) is 0.692. The van der Waals surface area contributed by atoms with Gasteiger partial charge in [0.2, 0.25) is 0 Å². The maximum absolute atomic E-state index is 5.50. The van der Waals surface area contributed by atoms with Crippen molar-refractivity contribution < 1.29 is 4.74 Å². The minimum Gasteiger partial charge on any atom is -0.375 e. The molecule has 0 aliphatic carbocycles. The molecule has 4 nitrogen and oxygen atoms in total. The van der Waals surface area contributed by atoms with Crippen LogP contribution in [-0.2, 0) is 4.74 Å². The first-order valence-electron chi connectivity index (χ1n) is 6.34. The molecule has 1 aliphatic heterocycles. The van der Waals surface area contributed by atoms with Crippen molar-refractivity contribution in [3.05, 3.63) is 17.6 Å². The molecular formula is C13H23N3O. The Morgan fingerprint density at radius 2 is 2.00 bits per heavy atom. The van der Waals surface area contributed by atoms with E-state index in [-0.39, 0.29) is 6.10 Å². The van der Waals surface area contributed by atoms with Gasteiger partial charge >= 0.3 is 0 Å². The van der Waals surface area contributed by atoms with E-state index in [1.165, 1.54) is 0 Å². The molecule has 0 saturated carbocycles. The van der Waals surface area contributed by atoms with E-state index in [0.717, 1.165) is 37.0 Å². The van der Waals surface area contributed by atoms with Gasteiger partial charge < -0.3 is 9.64 Å². The van der Waals surface area contributed by atoms with E-state index in [1.807, 2.05) is 33.8 Å². The normalized spacial score (nSPS) is 19.6. The highest BCUT2D eigenvalue weighted by Gasteiger charge is 2.18. The van der Waals surface area contributed by atoms with Crippen LogP contribution in [0.4, 0.5) is 5.82 Å². The maximum Gasteiger partial charge on any atom is 0.132 e. The molecule has 0 spiro atoms. The third kappa shape index (κ3) is 3.97. The van der Waals surface area contributed by atoms with Crippen molar-refractivity contribution in [2.75, 3.05) is 24.6 Å². The highest BCUT2D eigenvalue weighted by atomic mass is 16.5. The number of rotatable bonds is 1. The molecule has 0 bridgehead atoms. The van der Waals surface area contributed by atoms with Crippen LogP contribution in [-0.4, -0.2) is 35.8 Å². The smallest absolute Gasteiger partial charge is 0.132 e. The second kappa shape index (κ2) is 6.55. The average Bonchev–Trinajstić information content (AvgIpc) is 2.30. The fourth-order valence-electron chi connectivity index (χ4n) is 1.89. The van der Waals surface area contributed by atoms with Crippen LogP contribution in [0.25, 0.3) is 0 Å². The number of morpholine rings is 1. The van der Waals surface area contributed by atoms with E-state index in [2.05, 4.69) is 21.8 Å². The van der Waals surface area contributed by atoms with Crippen molar-refractivity contribution in [1.29, 1.82) is 0 Å². The van der Waals surface area contributed by atoms with Gasteiger partial charge in [0.15, 0.2) is 0 Å². The number of anilines is 1. The summed E-state index contributed by atoms with van der Waals surface area (Å²) in [5, 5.41) is 0. The summed E-state index contributed by atoms with van der Waals surface area (Å²) in [5.74, 6) is 1.86. The van der Waals surface area contributed by atoms with Crippen molar-refractivity contribution >= 4 is 5.82 Å². The van der Waals surface area contributed by atoms with Gasteiger partial charge in [-0.25, -0.2) is 9.97 Å². The lowest BCUT2D eigenvalue weighted by molar-refractivity contribution is 0.0529. The molecule has 1 aromatic rings. The molecule has 2 rings (SSSR count). The van der Waals surface area contributed by atoms with Crippen molar-refractivity contribution in [2.45, 2.75) is 40.7 Å². The van der Waals surface area contributed by atoms with Crippen LogP contribution in [0.3, 0.4) is 0 Å². The van der Waals surface area contributed by atoms with Crippen LogP contribution >= 0.6 is 0 Å². The monoisotopic (exact) mass is 237 g/mol. The number of hydrogen-bond acceptors (Lipinski definition) is 4. The minimum absolute atomic E-state index is 0.286. The summed E-state index contributed by atoms with van der Waals surface area (Å²) < 4.78 is 5.50. The lowest BCUT2D eigenvalue weighted by Gasteiger charge is -2.32. The summed E-state index contributed by atoms with van der Waals surface area (Å²) in [6, 6.07) is 2.03. The van der Waals surface area contributed by atoms with E-state index in [4.69, 9.17) is 4.74 Å². The highest BCUT2D eigenvalue weighted by molar-refractivity contribution is 5.40. The summed E-state index contributed by atoms with van der Waals surface area (Å²) >= 11 is 0. The zero-order chi connectivity index (χ0) is 12.8. The molecule has 1 unspecified atom stereocenters. The quantitative estimate of drug-likeness (QED) is 0.751. The predicted octanol–water partition coefficient (Wildman–Crippen LogP) is 2.34. The molecule has 17 heavy (non-hydrogen) atoms. The lowest BCUT2D eigenvalue weighted by atomic mass is 10.3. The van der Waals surface area contributed by atoms with E-state index >= 15 is 0 Å². The van der Waals surface area contributed by atoms with E-state index in [0.29, 0.717) is 0 Å². The molecule has 1 atom stereocenters. The second-order valence-electron chi connectivity index (χ2n) is 4.04. The van der Waals surface area contributed by atoms with Crippen LogP contribution in [0, 0.1) is 13.8 Å². The molecule has 0 N–H and O–H groups in total. The van der Waals surface area contributed by atoms with Gasteiger partial charge in [0.05, 0.1) is 12.7 Å². The van der Waals surface area contributed by atoms with Crippen LogP contribution in [0.2, 0.25) is 0 Å². The summed E-state index contributed by atoms with van der Waals surface area (Å²) in [6.45, 7) is 12.6. The van der Waals surface area contributed by atoms with Gasteiger partial charge in [0.25, 0.3) is 0 Å². The Kier molecular flexibility index (Phi) is 5.35. The number of ether oxygens (including phenoxy) is 1. The Bertz CT molecular complexity index is 334. The van der Waals surface area contributed by atoms with Gasteiger partial charge in [0.1, 0.15) is 11.6 Å². The topological polar surface area (TPSA) is 38.2 Å². The van der Waals surface area contributed by atoms with E-state index in [1.54, 1.807) is 0 Å². The summed E-state index contributed by atoms with van der Waals surface area (Å²) in [4.78, 5) is 11.0. The third-order valence-corrected chi connectivity index (χ3v) is 2.52. The average molecular weight is 237 g/mol. The van der Waals surface area contributed by atoms with Crippen LogP contribution in [0.5, 0.6) is 0 Å². The molecule has 1 fully saturated rings. The number of nitrogens with zero attached hydrogens (tertiary/aromatic N) is 3. The molecule has 0 aromatic carbocycles. The molecule has 1 saturated heterocycles. The van der Waals surface area contributed by atoms with Crippen LogP contribution < -0.4 is 4.90 Å². The van der Waals surface area contributed by atoms with E-state index in [9.17, 15) is 0 Å². The molecule has 4 heteroatoms. The number of aryl methyl sites for hydroxylation is 2. The van der Waals surface area contributed by atoms with Crippen LogP contribution in [0.1, 0.15) is 32.3 Å². The molecule has 0 radical (unpaired) electrons. The Hall–Kier alpha value is -1.16. The highest BCUT2D eigenvalue weighted by Crippen LogP contribution is 2.15. The molecule has 0 amide bonds. The van der Waals surface area contributed by atoms with Crippen molar-refractivity contribution in [1.82, 2.24) is 9.97 Å². The van der Waals surface area contributed by atoms with Gasteiger partial charge in [0, 0.05) is 24.8 Å². The van der Waals surface area contributed by atoms with Crippen molar-refractivity contribution in [3.63, 3.8) is 0 Å². The summed E-state index contributed by atoms with van der Waals surface area (Å²) in [5.41, 5.74) is 1.02. The maximum atomic E-state index is 5.50. The fourth-order valence-corrected chi connectivity index (χ4v) is 1.89. The zero-order valence-corrected chi connectivity index (χ0v) is 11.5. The first-order valence-corrected chi connectivity index (χ1v) is 6.34. The standard InChI is InChI=1S/C11H17N3O.C2H6/c1-8-6-11(13-10(3)12-8)14-4-5-15-9(2)7-14;1-2/h6,9H,4-5,7H2,1-3H3;1-2H3. The van der Waals surface area contributed by atoms with Gasteiger partial charge in [-0.3, -0.25) is 0 Å². The zero-order valence-electron chi connectivity index (χ0n) is 11.5. The molecule has 1 aromatic heterocycles. The molecule has 96 valence electrons. The minimum atomic E-state index is 0.286. The van der Waals surface area contributed by atoms with Gasteiger partial charge in [-0.05, 0) is 20.8 Å². The summed E-state index contributed by atoms with van der Waals surface area (Å²) in [6.07, 6.45) is 0.286. The Labute approximate surface area is 104 Å². The SMILES string of the molecule is CC.Cc1cc(N2CCOC(C)C2)nc(C)n1. The number of hydrogen-bond donors (Lipinski definition) is 0. The third-order valence-electron chi connectivity index (χ3n) is 2.52. The predicted molar refractivity (Wildman–Crippen MR) is 70.5 cm³/mol. The van der Waals surface area contributed by atoms with Crippen molar-refractivity contribution in [3.8, 4) is 0 Å².